The molecule has 0 saturated carbocycles. The van der Waals surface area contributed by atoms with Gasteiger partial charge in [0.05, 0.1) is 6.26 Å². The lowest BCUT2D eigenvalue weighted by Crippen LogP contribution is -1.66. The van der Waals surface area contributed by atoms with Gasteiger partial charge in [-0.2, -0.15) is 0 Å². The molecule has 1 N–H and O–H groups in total. The maximum Gasteiger partial charge on any atom is 0.0780 e. The molecule has 1 heteroatoms. The molecule has 0 aliphatic carbocycles. The lowest BCUT2D eigenvalue weighted by molar-refractivity contribution is 0.465. The zero-order valence-electron chi connectivity index (χ0n) is 4.23. The second kappa shape index (κ2) is 2.76. The molecule has 0 radical (unpaired) electrons. The van der Waals surface area contributed by atoms with Crippen molar-refractivity contribution >= 4 is 0 Å². The molecule has 0 aliphatic heterocycles. The van der Waals surface area contributed by atoms with Gasteiger partial charge in [-0.25, -0.2) is 0 Å². The minimum absolute atomic E-state index is 0.941. The predicted molar refractivity (Wildman–Crippen MR) is 26.7 cm³/mol. The normalized spacial score (nSPS) is 12.0. The van der Waals surface area contributed by atoms with Gasteiger partial charge in [0.15, 0.2) is 0 Å². The van der Waals surface area contributed by atoms with Crippen LogP contribution in [0.4, 0.5) is 0 Å². The van der Waals surface area contributed by atoms with Crippen LogP contribution in [0.15, 0.2) is 11.8 Å². The number of allylic oxidation sites excluding steroid dienone is 1. The first-order chi connectivity index (χ1) is 2.81. The Morgan fingerprint density at radius 1 is 1.83 bits per heavy atom. The molecular weight excluding hydrogens is 76.1 g/mol. The van der Waals surface area contributed by atoms with Crippen LogP contribution in [0.1, 0.15) is 20.3 Å². The van der Waals surface area contributed by atoms with E-state index in [1.165, 1.54) is 0 Å². The van der Waals surface area contributed by atoms with Crippen molar-refractivity contribution in [1.29, 1.82) is 0 Å². The summed E-state index contributed by atoms with van der Waals surface area (Å²) in [5, 5.41) is 8.17. The molecule has 0 aliphatic rings. The van der Waals surface area contributed by atoms with E-state index >= 15 is 0 Å². The van der Waals surface area contributed by atoms with E-state index in [-0.39, 0.29) is 0 Å². The maximum atomic E-state index is 8.17. The Morgan fingerprint density at radius 3 is 2.33 bits per heavy atom. The van der Waals surface area contributed by atoms with Crippen molar-refractivity contribution in [3.05, 3.63) is 11.8 Å². The summed E-state index contributed by atoms with van der Waals surface area (Å²) in [6.07, 6.45) is 2.08. The van der Waals surface area contributed by atoms with Gasteiger partial charge in [0, 0.05) is 0 Å². The van der Waals surface area contributed by atoms with E-state index in [0.717, 1.165) is 18.3 Å². The zero-order chi connectivity index (χ0) is 4.99. The van der Waals surface area contributed by atoms with Gasteiger partial charge in [0.2, 0.25) is 0 Å². The summed E-state index contributed by atoms with van der Waals surface area (Å²) in [6, 6.07) is 0. The maximum absolute atomic E-state index is 8.17. The van der Waals surface area contributed by atoms with E-state index in [1.54, 1.807) is 0 Å². The first-order valence-electron chi connectivity index (χ1n) is 2.11. The number of aliphatic hydroxyl groups is 1. The van der Waals surface area contributed by atoms with Crippen molar-refractivity contribution in [2.24, 2.45) is 0 Å². The molecule has 36 valence electrons. The Morgan fingerprint density at radius 2 is 2.33 bits per heavy atom. The highest BCUT2D eigenvalue weighted by Gasteiger charge is 1.75. The van der Waals surface area contributed by atoms with Gasteiger partial charge in [-0.1, -0.05) is 6.92 Å². The van der Waals surface area contributed by atoms with Crippen molar-refractivity contribution in [3.8, 4) is 0 Å². The highest BCUT2D eigenvalue weighted by molar-refractivity contribution is 4.89. The summed E-state index contributed by atoms with van der Waals surface area (Å²) in [4.78, 5) is 0. The number of hydrogen-bond acceptors (Lipinski definition) is 1. The lowest BCUT2D eigenvalue weighted by Gasteiger charge is -1.83. The Labute approximate surface area is 38.3 Å². The average Bonchev–Trinajstić information content (AvgIpc) is 1.65. The summed E-state index contributed by atoms with van der Waals surface area (Å²) in [6.45, 7) is 3.89. The van der Waals surface area contributed by atoms with Crippen molar-refractivity contribution in [2.75, 3.05) is 0 Å². The number of rotatable bonds is 1. The van der Waals surface area contributed by atoms with E-state index < -0.39 is 0 Å². The largest absolute Gasteiger partial charge is 0.516 e. The standard InChI is InChI=1S/C5H10O/c1-3-5(2)4-6/h4,6H,3H2,1-2H3/b5-4-. The predicted octanol–water partition coefficient (Wildman–Crippen LogP) is 1.86. The first kappa shape index (κ1) is 5.54. The highest BCUT2D eigenvalue weighted by atomic mass is 16.2. The summed E-state index contributed by atoms with van der Waals surface area (Å²) in [5.74, 6) is 0. The molecule has 6 heavy (non-hydrogen) atoms. The molecule has 0 heterocycles. The van der Waals surface area contributed by atoms with Gasteiger partial charge in [-0.15, -0.1) is 0 Å². The number of aliphatic hydroxyl groups excluding tert-OH is 1. The van der Waals surface area contributed by atoms with E-state index in [4.69, 9.17) is 5.11 Å². The molecule has 0 spiro atoms. The molecular formula is C5H10O. The van der Waals surface area contributed by atoms with Crippen LogP contribution < -0.4 is 0 Å². The SMILES string of the molecule is CC/C(C)=C\O. The lowest BCUT2D eigenvalue weighted by atomic mass is 10.3. The molecule has 0 atom stereocenters. The van der Waals surface area contributed by atoms with Gasteiger partial charge in [0.1, 0.15) is 0 Å². The third-order valence-corrected chi connectivity index (χ3v) is 0.778. The zero-order valence-corrected chi connectivity index (χ0v) is 4.23. The van der Waals surface area contributed by atoms with Crippen molar-refractivity contribution in [2.45, 2.75) is 20.3 Å². The van der Waals surface area contributed by atoms with Gasteiger partial charge in [0.25, 0.3) is 0 Å². The second-order valence-electron chi connectivity index (χ2n) is 1.33. The van der Waals surface area contributed by atoms with Crippen LogP contribution in [-0.2, 0) is 0 Å². The van der Waals surface area contributed by atoms with Gasteiger partial charge in [-0.3, -0.25) is 0 Å². The van der Waals surface area contributed by atoms with Crippen molar-refractivity contribution < 1.29 is 5.11 Å². The summed E-state index contributed by atoms with van der Waals surface area (Å²) in [5.41, 5.74) is 1.02. The number of hydrogen-bond donors (Lipinski definition) is 1. The Bertz CT molecular complexity index is 55.0. The third-order valence-electron chi connectivity index (χ3n) is 0.778. The van der Waals surface area contributed by atoms with Gasteiger partial charge < -0.3 is 5.11 Å². The quantitative estimate of drug-likeness (QED) is 0.483. The van der Waals surface area contributed by atoms with Crippen LogP contribution in [0.3, 0.4) is 0 Å². The highest BCUT2D eigenvalue weighted by Crippen LogP contribution is 1.92. The summed E-state index contributed by atoms with van der Waals surface area (Å²) >= 11 is 0. The molecule has 0 aromatic carbocycles. The van der Waals surface area contributed by atoms with Gasteiger partial charge >= 0.3 is 0 Å². The minimum atomic E-state index is 0.941. The molecule has 0 bridgehead atoms. The van der Waals surface area contributed by atoms with Crippen LogP contribution in [0, 0.1) is 0 Å². The third kappa shape index (κ3) is 1.82. The molecule has 0 unspecified atom stereocenters. The topological polar surface area (TPSA) is 20.2 Å². The minimum Gasteiger partial charge on any atom is -0.516 e. The Kier molecular flexibility index (Phi) is 2.55. The first-order valence-corrected chi connectivity index (χ1v) is 2.11. The Hall–Kier alpha value is -0.460. The fraction of sp³-hybridized carbons (Fsp3) is 0.600. The molecule has 0 amide bonds. The molecule has 0 aromatic rings. The second-order valence-corrected chi connectivity index (χ2v) is 1.33. The molecule has 0 rings (SSSR count). The average molecular weight is 86.1 g/mol. The van der Waals surface area contributed by atoms with Crippen LogP contribution >= 0.6 is 0 Å². The molecule has 0 saturated heterocycles. The van der Waals surface area contributed by atoms with Gasteiger partial charge in [-0.05, 0) is 18.9 Å². The summed E-state index contributed by atoms with van der Waals surface area (Å²) < 4.78 is 0. The molecule has 0 fully saturated rings. The smallest absolute Gasteiger partial charge is 0.0780 e. The summed E-state index contributed by atoms with van der Waals surface area (Å²) in [7, 11) is 0. The fourth-order valence-corrected chi connectivity index (χ4v) is 0.0913. The molecule has 0 aromatic heterocycles. The van der Waals surface area contributed by atoms with Crippen molar-refractivity contribution in [1.82, 2.24) is 0 Å². The monoisotopic (exact) mass is 86.1 g/mol. The Balaban J connectivity index is 3.22. The molecule has 1 nitrogen and oxygen atoms in total. The van der Waals surface area contributed by atoms with E-state index in [2.05, 4.69) is 0 Å². The van der Waals surface area contributed by atoms with Crippen LogP contribution in [0.5, 0.6) is 0 Å². The van der Waals surface area contributed by atoms with Crippen LogP contribution in [0.2, 0.25) is 0 Å². The van der Waals surface area contributed by atoms with E-state index in [0.29, 0.717) is 0 Å². The van der Waals surface area contributed by atoms with E-state index in [1.807, 2.05) is 13.8 Å². The van der Waals surface area contributed by atoms with Crippen molar-refractivity contribution in [3.63, 3.8) is 0 Å². The van der Waals surface area contributed by atoms with Crippen LogP contribution in [0.25, 0.3) is 0 Å². The van der Waals surface area contributed by atoms with E-state index in [9.17, 15) is 0 Å². The fourth-order valence-electron chi connectivity index (χ4n) is 0.0913. The van der Waals surface area contributed by atoms with Crippen LogP contribution in [-0.4, -0.2) is 5.11 Å².